The standard InChI is InChI=1S/C18H23ClN4S/c1-3-20-18(23-13-17-14(2)5-4-10-21-17)22-11-12-24-16-8-6-15(19)7-9-16/h4-10H,3,11-13H2,1-2H3,(H2,20,22,23). The van der Waals surface area contributed by atoms with Crippen LogP contribution in [0.2, 0.25) is 5.02 Å². The van der Waals surface area contributed by atoms with Gasteiger partial charge in [-0.15, -0.1) is 11.8 Å². The summed E-state index contributed by atoms with van der Waals surface area (Å²) in [5.41, 5.74) is 2.17. The van der Waals surface area contributed by atoms with Gasteiger partial charge in [0.25, 0.3) is 0 Å². The van der Waals surface area contributed by atoms with E-state index in [0.29, 0.717) is 6.54 Å². The molecular weight excluding hydrogens is 340 g/mol. The highest BCUT2D eigenvalue weighted by Crippen LogP contribution is 2.19. The number of thioether (sulfide) groups is 1. The summed E-state index contributed by atoms with van der Waals surface area (Å²) >= 11 is 7.68. The van der Waals surface area contributed by atoms with Crippen LogP contribution in [0.5, 0.6) is 0 Å². The number of guanidine groups is 1. The zero-order valence-corrected chi connectivity index (χ0v) is 15.6. The van der Waals surface area contributed by atoms with Crippen molar-refractivity contribution >= 4 is 29.3 Å². The maximum atomic E-state index is 5.89. The number of rotatable bonds is 7. The summed E-state index contributed by atoms with van der Waals surface area (Å²) in [6.07, 6.45) is 1.81. The van der Waals surface area contributed by atoms with Gasteiger partial charge in [-0.05, 0) is 49.7 Å². The average molecular weight is 363 g/mol. The Kier molecular flexibility index (Phi) is 7.92. The Balaban J connectivity index is 1.81. The lowest BCUT2D eigenvalue weighted by atomic mass is 10.2. The van der Waals surface area contributed by atoms with Crippen LogP contribution >= 0.6 is 23.4 Å². The van der Waals surface area contributed by atoms with Crippen LogP contribution < -0.4 is 10.6 Å². The van der Waals surface area contributed by atoms with Crippen molar-refractivity contribution in [3.05, 3.63) is 58.9 Å². The molecule has 1 heterocycles. The van der Waals surface area contributed by atoms with E-state index in [4.69, 9.17) is 11.6 Å². The van der Waals surface area contributed by atoms with E-state index in [1.54, 1.807) is 18.0 Å². The summed E-state index contributed by atoms with van der Waals surface area (Å²) in [6.45, 7) is 6.36. The average Bonchev–Trinajstić information content (AvgIpc) is 2.59. The number of hydrogen-bond donors (Lipinski definition) is 2. The van der Waals surface area contributed by atoms with Crippen molar-refractivity contribution in [2.24, 2.45) is 4.99 Å². The molecule has 0 unspecified atom stereocenters. The topological polar surface area (TPSA) is 49.3 Å². The molecule has 0 spiro atoms. The number of nitrogens with one attached hydrogen (secondary N) is 2. The number of nitrogens with zero attached hydrogens (tertiary/aromatic N) is 2. The Hall–Kier alpha value is -1.72. The first kappa shape index (κ1) is 18.6. The molecule has 0 saturated heterocycles. The number of halogens is 1. The van der Waals surface area contributed by atoms with E-state index in [-0.39, 0.29) is 0 Å². The zero-order chi connectivity index (χ0) is 17.2. The summed E-state index contributed by atoms with van der Waals surface area (Å²) < 4.78 is 0. The number of benzene rings is 1. The molecule has 128 valence electrons. The van der Waals surface area contributed by atoms with Crippen molar-refractivity contribution < 1.29 is 0 Å². The Morgan fingerprint density at radius 1 is 1.21 bits per heavy atom. The molecule has 1 aromatic heterocycles. The van der Waals surface area contributed by atoms with E-state index in [2.05, 4.69) is 40.5 Å². The highest BCUT2D eigenvalue weighted by atomic mass is 35.5. The fourth-order valence-electron chi connectivity index (χ4n) is 2.05. The first-order chi connectivity index (χ1) is 11.7. The molecule has 2 rings (SSSR count). The Morgan fingerprint density at radius 3 is 2.71 bits per heavy atom. The molecule has 1 aromatic carbocycles. The van der Waals surface area contributed by atoms with E-state index >= 15 is 0 Å². The highest BCUT2D eigenvalue weighted by Gasteiger charge is 2.01. The van der Waals surface area contributed by atoms with Gasteiger partial charge in [0.15, 0.2) is 5.96 Å². The number of aliphatic imine (C=N–C) groups is 1. The number of aromatic nitrogens is 1. The van der Waals surface area contributed by atoms with Crippen LogP contribution in [0.3, 0.4) is 0 Å². The Bertz CT molecular complexity index is 658. The van der Waals surface area contributed by atoms with Gasteiger partial charge in [0, 0.05) is 35.0 Å². The summed E-state index contributed by atoms with van der Waals surface area (Å²) in [5.74, 6) is 1.77. The predicted octanol–water partition coefficient (Wildman–Crippen LogP) is 3.89. The molecule has 0 saturated carbocycles. The van der Waals surface area contributed by atoms with Gasteiger partial charge in [0.05, 0.1) is 12.2 Å². The second-order valence-corrected chi connectivity index (χ2v) is 6.80. The molecule has 0 aliphatic carbocycles. The maximum Gasteiger partial charge on any atom is 0.191 e. The van der Waals surface area contributed by atoms with Crippen LogP contribution in [-0.4, -0.2) is 29.8 Å². The van der Waals surface area contributed by atoms with E-state index in [9.17, 15) is 0 Å². The van der Waals surface area contributed by atoms with Crippen molar-refractivity contribution in [1.29, 1.82) is 0 Å². The molecule has 4 nitrogen and oxygen atoms in total. The van der Waals surface area contributed by atoms with Gasteiger partial charge in [0.2, 0.25) is 0 Å². The second kappa shape index (κ2) is 10.2. The quantitative estimate of drug-likeness (QED) is 0.339. The molecule has 0 aliphatic rings. The van der Waals surface area contributed by atoms with E-state index in [0.717, 1.165) is 41.1 Å². The van der Waals surface area contributed by atoms with Crippen molar-refractivity contribution in [3.8, 4) is 0 Å². The molecular formula is C18H23ClN4S. The van der Waals surface area contributed by atoms with Gasteiger partial charge in [-0.25, -0.2) is 4.99 Å². The lowest BCUT2D eigenvalue weighted by Crippen LogP contribution is -2.38. The molecule has 24 heavy (non-hydrogen) atoms. The summed E-state index contributed by atoms with van der Waals surface area (Å²) in [5, 5.41) is 7.39. The summed E-state index contributed by atoms with van der Waals surface area (Å²) in [4.78, 5) is 10.2. The van der Waals surface area contributed by atoms with Crippen LogP contribution in [0, 0.1) is 6.92 Å². The van der Waals surface area contributed by atoms with Crippen molar-refractivity contribution in [1.82, 2.24) is 15.6 Å². The van der Waals surface area contributed by atoms with Gasteiger partial charge in [-0.1, -0.05) is 17.7 Å². The monoisotopic (exact) mass is 362 g/mol. The minimum atomic E-state index is 0.576. The molecule has 0 atom stereocenters. The van der Waals surface area contributed by atoms with Crippen LogP contribution in [0.1, 0.15) is 18.2 Å². The summed E-state index contributed by atoms with van der Waals surface area (Å²) in [7, 11) is 0. The molecule has 0 radical (unpaired) electrons. The second-order valence-electron chi connectivity index (χ2n) is 5.19. The fourth-order valence-corrected chi connectivity index (χ4v) is 2.94. The van der Waals surface area contributed by atoms with E-state index in [1.165, 1.54) is 4.90 Å². The predicted molar refractivity (Wildman–Crippen MR) is 104 cm³/mol. The van der Waals surface area contributed by atoms with E-state index < -0.39 is 0 Å². The normalized spacial score (nSPS) is 11.4. The van der Waals surface area contributed by atoms with Crippen LogP contribution in [0.25, 0.3) is 0 Å². The van der Waals surface area contributed by atoms with Crippen molar-refractivity contribution in [2.75, 3.05) is 18.8 Å². The molecule has 0 bridgehead atoms. The SMILES string of the molecule is CCNC(=NCc1ncccc1C)NCCSc1ccc(Cl)cc1. The molecule has 2 N–H and O–H groups in total. The first-order valence-corrected chi connectivity index (χ1v) is 9.36. The summed E-state index contributed by atoms with van der Waals surface area (Å²) in [6, 6.07) is 11.9. The zero-order valence-electron chi connectivity index (χ0n) is 14.1. The van der Waals surface area contributed by atoms with Crippen LogP contribution in [0.15, 0.2) is 52.5 Å². The van der Waals surface area contributed by atoms with Gasteiger partial charge < -0.3 is 10.6 Å². The molecule has 0 aliphatic heterocycles. The van der Waals surface area contributed by atoms with Gasteiger partial charge >= 0.3 is 0 Å². The third-order valence-electron chi connectivity index (χ3n) is 3.33. The van der Waals surface area contributed by atoms with Crippen molar-refractivity contribution in [2.45, 2.75) is 25.3 Å². The fraction of sp³-hybridized carbons (Fsp3) is 0.333. The van der Waals surface area contributed by atoms with Crippen molar-refractivity contribution in [3.63, 3.8) is 0 Å². The van der Waals surface area contributed by atoms with Gasteiger partial charge in [0.1, 0.15) is 0 Å². The molecule has 6 heteroatoms. The maximum absolute atomic E-state index is 5.89. The minimum Gasteiger partial charge on any atom is -0.357 e. The molecule has 2 aromatic rings. The third-order valence-corrected chi connectivity index (χ3v) is 4.59. The number of hydrogen-bond acceptors (Lipinski definition) is 3. The molecule has 0 amide bonds. The van der Waals surface area contributed by atoms with Gasteiger partial charge in [-0.2, -0.15) is 0 Å². The molecule has 0 fully saturated rings. The lowest BCUT2D eigenvalue weighted by Gasteiger charge is -2.11. The Morgan fingerprint density at radius 2 is 2.00 bits per heavy atom. The number of pyridine rings is 1. The highest BCUT2D eigenvalue weighted by molar-refractivity contribution is 7.99. The van der Waals surface area contributed by atoms with Crippen LogP contribution in [-0.2, 0) is 6.54 Å². The smallest absolute Gasteiger partial charge is 0.191 e. The largest absolute Gasteiger partial charge is 0.357 e. The van der Waals surface area contributed by atoms with E-state index in [1.807, 2.05) is 30.3 Å². The van der Waals surface area contributed by atoms with Gasteiger partial charge in [-0.3, -0.25) is 4.98 Å². The van der Waals surface area contributed by atoms with Crippen LogP contribution in [0.4, 0.5) is 0 Å². The lowest BCUT2D eigenvalue weighted by molar-refractivity contribution is 0.835. The first-order valence-electron chi connectivity index (χ1n) is 8.00. The Labute approximate surface area is 153 Å². The third kappa shape index (κ3) is 6.42. The minimum absolute atomic E-state index is 0.576. The number of aryl methyl sites for hydroxylation is 1.